The van der Waals surface area contributed by atoms with E-state index in [1.54, 1.807) is 0 Å². The average molecular weight is 379 g/mol. The molecule has 0 aliphatic carbocycles. The molecule has 1 aliphatic rings. The lowest BCUT2D eigenvalue weighted by Crippen LogP contribution is -2.32. The molecular formula is C16H14INO2. The van der Waals surface area contributed by atoms with E-state index in [4.69, 9.17) is 4.74 Å². The van der Waals surface area contributed by atoms with Gasteiger partial charge in [-0.1, -0.05) is 30.3 Å². The third-order valence-corrected chi connectivity index (χ3v) is 4.28. The first-order valence-corrected chi connectivity index (χ1v) is 7.58. The lowest BCUT2D eigenvalue weighted by molar-refractivity contribution is 0.0732. The largest absolute Gasteiger partial charge is 0.491 e. The number of benzene rings is 2. The molecule has 0 unspecified atom stereocenters. The van der Waals surface area contributed by atoms with Crippen LogP contribution in [0.2, 0.25) is 0 Å². The molecule has 0 bridgehead atoms. The molecule has 4 heteroatoms. The Morgan fingerprint density at radius 2 is 1.85 bits per heavy atom. The van der Waals surface area contributed by atoms with Crippen molar-refractivity contribution in [2.45, 2.75) is 6.54 Å². The number of hydrogen-bond acceptors (Lipinski definition) is 2. The summed E-state index contributed by atoms with van der Waals surface area (Å²) >= 11 is 2.20. The highest BCUT2D eigenvalue weighted by molar-refractivity contribution is 14.1. The van der Waals surface area contributed by atoms with Gasteiger partial charge in [0.2, 0.25) is 0 Å². The monoisotopic (exact) mass is 379 g/mol. The van der Waals surface area contributed by atoms with Gasteiger partial charge in [0, 0.05) is 15.7 Å². The van der Waals surface area contributed by atoms with Gasteiger partial charge < -0.3 is 9.64 Å². The zero-order valence-electron chi connectivity index (χ0n) is 10.9. The van der Waals surface area contributed by atoms with E-state index in [-0.39, 0.29) is 5.91 Å². The highest BCUT2D eigenvalue weighted by Gasteiger charge is 2.21. The normalized spacial score (nSPS) is 14.2. The first-order valence-electron chi connectivity index (χ1n) is 6.50. The van der Waals surface area contributed by atoms with E-state index >= 15 is 0 Å². The molecule has 102 valence electrons. The number of nitrogens with zero attached hydrogens (tertiary/aromatic N) is 1. The van der Waals surface area contributed by atoms with E-state index in [2.05, 4.69) is 22.6 Å². The summed E-state index contributed by atoms with van der Waals surface area (Å²) in [6.45, 7) is 1.74. The van der Waals surface area contributed by atoms with Gasteiger partial charge in [0.25, 0.3) is 5.91 Å². The SMILES string of the molecule is O=C(c1ccccc1I)N1CCOc2ccccc2C1. The summed E-state index contributed by atoms with van der Waals surface area (Å²) in [5.41, 5.74) is 1.82. The van der Waals surface area contributed by atoms with Gasteiger partial charge in [-0.3, -0.25) is 4.79 Å². The number of fused-ring (bicyclic) bond motifs is 1. The first kappa shape index (κ1) is 13.4. The fourth-order valence-corrected chi connectivity index (χ4v) is 2.92. The van der Waals surface area contributed by atoms with Gasteiger partial charge in [-0.05, 0) is 40.8 Å². The maximum atomic E-state index is 12.6. The lowest BCUT2D eigenvalue weighted by atomic mass is 10.1. The number of carbonyl (C=O) groups is 1. The number of para-hydroxylation sites is 1. The standard InChI is InChI=1S/C16H14INO2/c17-14-7-3-2-6-13(14)16(19)18-9-10-20-15-8-4-1-5-12(15)11-18/h1-8H,9-11H2. The molecular weight excluding hydrogens is 365 g/mol. The minimum atomic E-state index is 0.0651. The van der Waals surface area contributed by atoms with E-state index in [1.807, 2.05) is 53.4 Å². The van der Waals surface area contributed by atoms with Gasteiger partial charge in [-0.25, -0.2) is 0 Å². The molecule has 0 aromatic heterocycles. The van der Waals surface area contributed by atoms with E-state index < -0.39 is 0 Å². The van der Waals surface area contributed by atoms with Crippen LogP contribution in [0.3, 0.4) is 0 Å². The highest BCUT2D eigenvalue weighted by atomic mass is 127. The zero-order chi connectivity index (χ0) is 13.9. The van der Waals surface area contributed by atoms with Crippen LogP contribution >= 0.6 is 22.6 Å². The lowest BCUT2D eigenvalue weighted by Gasteiger charge is -2.20. The van der Waals surface area contributed by atoms with Crippen LogP contribution in [-0.4, -0.2) is 24.0 Å². The molecule has 0 spiro atoms. The summed E-state index contributed by atoms with van der Waals surface area (Å²) < 4.78 is 6.68. The van der Waals surface area contributed by atoms with Crippen LogP contribution in [-0.2, 0) is 6.54 Å². The van der Waals surface area contributed by atoms with Crippen LogP contribution < -0.4 is 4.74 Å². The van der Waals surface area contributed by atoms with Crippen LogP contribution in [0.25, 0.3) is 0 Å². The Kier molecular flexibility index (Phi) is 3.91. The molecule has 3 rings (SSSR count). The summed E-state index contributed by atoms with van der Waals surface area (Å²) in [4.78, 5) is 14.5. The van der Waals surface area contributed by atoms with Crippen LogP contribution in [0.5, 0.6) is 5.75 Å². The molecule has 1 heterocycles. The minimum absolute atomic E-state index is 0.0651. The second-order valence-electron chi connectivity index (χ2n) is 4.66. The Labute approximate surface area is 131 Å². The van der Waals surface area contributed by atoms with E-state index in [0.717, 1.165) is 20.4 Å². The second-order valence-corrected chi connectivity index (χ2v) is 5.82. The molecule has 3 nitrogen and oxygen atoms in total. The van der Waals surface area contributed by atoms with Crippen molar-refractivity contribution in [1.29, 1.82) is 0 Å². The van der Waals surface area contributed by atoms with Gasteiger partial charge in [-0.2, -0.15) is 0 Å². The van der Waals surface area contributed by atoms with E-state index in [0.29, 0.717) is 19.7 Å². The maximum Gasteiger partial charge on any atom is 0.255 e. The smallest absolute Gasteiger partial charge is 0.255 e. The summed E-state index contributed by atoms with van der Waals surface area (Å²) in [6.07, 6.45) is 0. The first-order chi connectivity index (χ1) is 9.75. The van der Waals surface area contributed by atoms with Crippen LogP contribution in [0.4, 0.5) is 0 Å². The fraction of sp³-hybridized carbons (Fsp3) is 0.188. The quantitative estimate of drug-likeness (QED) is 0.712. The molecule has 20 heavy (non-hydrogen) atoms. The molecule has 0 radical (unpaired) electrons. The molecule has 0 atom stereocenters. The van der Waals surface area contributed by atoms with Crippen molar-refractivity contribution >= 4 is 28.5 Å². The molecule has 0 saturated heterocycles. The Morgan fingerprint density at radius 1 is 1.10 bits per heavy atom. The summed E-state index contributed by atoms with van der Waals surface area (Å²) in [5.74, 6) is 0.945. The van der Waals surface area contributed by atoms with Crippen LogP contribution in [0.1, 0.15) is 15.9 Å². The number of ether oxygens (including phenoxy) is 1. The average Bonchev–Trinajstić information content (AvgIpc) is 2.69. The molecule has 0 N–H and O–H groups in total. The van der Waals surface area contributed by atoms with Crippen LogP contribution in [0.15, 0.2) is 48.5 Å². The zero-order valence-corrected chi connectivity index (χ0v) is 13.0. The number of hydrogen-bond donors (Lipinski definition) is 0. The maximum absolute atomic E-state index is 12.6. The Hall–Kier alpha value is -1.56. The predicted molar refractivity (Wildman–Crippen MR) is 85.8 cm³/mol. The van der Waals surface area contributed by atoms with Crippen molar-refractivity contribution in [3.8, 4) is 5.75 Å². The molecule has 2 aromatic carbocycles. The second kappa shape index (κ2) is 5.83. The van der Waals surface area contributed by atoms with Crippen molar-refractivity contribution in [1.82, 2.24) is 4.90 Å². The molecule has 2 aromatic rings. The van der Waals surface area contributed by atoms with Gasteiger partial charge in [0.15, 0.2) is 0 Å². The van der Waals surface area contributed by atoms with Crippen molar-refractivity contribution in [3.63, 3.8) is 0 Å². The number of rotatable bonds is 1. The van der Waals surface area contributed by atoms with E-state index in [9.17, 15) is 4.79 Å². The Morgan fingerprint density at radius 3 is 2.70 bits per heavy atom. The van der Waals surface area contributed by atoms with Gasteiger partial charge in [-0.15, -0.1) is 0 Å². The Bertz CT molecular complexity index is 642. The van der Waals surface area contributed by atoms with E-state index in [1.165, 1.54) is 0 Å². The van der Waals surface area contributed by atoms with Crippen molar-refractivity contribution in [2.24, 2.45) is 0 Å². The van der Waals surface area contributed by atoms with Gasteiger partial charge in [0.1, 0.15) is 12.4 Å². The van der Waals surface area contributed by atoms with Gasteiger partial charge >= 0.3 is 0 Å². The van der Waals surface area contributed by atoms with Crippen molar-refractivity contribution < 1.29 is 9.53 Å². The summed E-state index contributed by atoms with van der Waals surface area (Å²) in [5, 5.41) is 0. The number of carbonyl (C=O) groups excluding carboxylic acids is 1. The third-order valence-electron chi connectivity index (χ3n) is 3.34. The van der Waals surface area contributed by atoms with Crippen LogP contribution in [0, 0.1) is 3.57 Å². The number of amides is 1. The number of halogens is 1. The molecule has 0 saturated carbocycles. The summed E-state index contributed by atoms with van der Waals surface area (Å²) in [7, 11) is 0. The highest BCUT2D eigenvalue weighted by Crippen LogP contribution is 2.24. The third kappa shape index (κ3) is 2.65. The van der Waals surface area contributed by atoms with Crippen molar-refractivity contribution in [2.75, 3.05) is 13.2 Å². The topological polar surface area (TPSA) is 29.5 Å². The molecule has 1 amide bonds. The summed E-state index contributed by atoms with van der Waals surface area (Å²) in [6, 6.07) is 15.6. The predicted octanol–water partition coefficient (Wildman–Crippen LogP) is 3.33. The Balaban J connectivity index is 1.88. The molecule has 0 fully saturated rings. The fourth-order valence-electron chi connectivity index (χ4n) is 2.30. The minimum Gasteiger partial charge on any atom is -0.491 e. The van der Waals surface area contributed by atoms with Gasteiger partial charge in [0.05, 0.1) is 12.1 Å². The molecule has 1 aliphatic heterocycles. The van der Waals surface area contributed by atoms with Crippen molar-refractivity contribution in [3.05, 3.63) is 63.2 Å².